The lowest BCUT2D eigenvalue weighted by atomic mass is 10.2. The molecule has 0 amide bonds. The Hall–Kier alpha value is -1.70. The van der Waals surface area contributed by atoms with Crippen molar-refractivity contribution < 1.29 is 9.15 Å². The number of nitrogens with zero attached hydrogens (tertiary/aromatic N) is 1. The normalized spacial score (nSPS) is 10.9. The number of aliphatic imine (C=N–C) groups is 1. The lowest BCUT2D eigenvalue weighted by Gasteiger charge is -2.12. The average Bonchev–Trinajstić information content (AvgIpc) is 2.87. The Labute approximate surface area is 160 Å². The molecule has 2 N–H and O–H groups in total. The summed E-state index contributed by atoms with van der Waals surface area (Å²) in [6.45, 7) is 8.64. The van der Waals surface area contributed by atoms with E-state index in [1.807, 2.05) is 57.2 Å². The summed E-state index contributed by atoms with van der Waals surface area (Å²) in [5.41, 5.74) is 1.11. The number of ether oxygens (including phenoxy) is 1. The first-order chi connectivity index (χ1) is 11.2. The number of nitrogens with one attached hydrogen (secondary N) is 2. The van der Waals surface area contributed by atoms with Gasteiger partial charge in [0.2, 0.25) is 0 Å². The molecule has 1 aromatic carbocycles. The lowest BCUT2D eigenvalue weighted by molar-refractivity contribution is 0.322. The highest BCUT2D eigenvalue weighted by molar-refractivity contribution is 14.0. The molecule has 2 rings (SSSR count). The van der Waals surface area contributed by atoms with Crippen molar-refractivity contribution in [2.45, 2.75) is 27.3 Å². The molecule has 1 aromatic heterocycles. The van der Waals surface area contributed by atoms with Crippen LogP contribution in [0.1, 0.15) is 24.0 Å². The molecule has 0 aliphatic rings. The van der Waals surface area contributed by atoms with Gasteiger partial charge in [-0.1, -0.05) is 18.2 Å². The van der Waals surface area contributed by atoms with E-state index in [1.165, 1.54) is 0 Å². The predicted molar refractivity (Wildman–Crippen MR) is 108 cm³/mol. The molecular formula is C18H26IN3O2. The molecule has 6 heteroatoms. The zero-order chi connectivity index (χ0) is 16.5. The van der Waals surface area contributed by atoms with E-state index in [4.69, 9.17) is 9.15 Å². The number of aryl methyl sites for hydroxylation is 2. The zero-order valence-electron chi connectivity index (χ0n) is 14.5. The Kier molecular flexibility index (Phi) is 9.29. The monoisotopic (exact) mass is 443 g/mol. The van der Waals surface area contributed by atoms with Gasteiger partial charge in [-0.15, -0.1) is 24.0 Å². The van der Waals surface area contributed by atoms with E-state index in [1.54, 1.807) is 0 Å². The zero-order valence-corrected chi connectivity index (χ0v) is 16.8. The number of para-hydroxylation sites is 1. The number of guanidine groups is 1. The van der Waals surface area contributed by atoms with Gasteiger partial charge >= 0.3 is 0 Å². The summed E-state index contributed by atoms with van der Waals surface area (Å²) in [5.74, 6) is 3.50. The molecule has 0 bridgehead atoms. The molecule has 1 heterocycles. The summed E-state index contributed by atoms with van der Waals surface area (Å²) in [4.78, 5) is 4.58. The molecule has 0 unspecified atom stereocenters. The van der Waals surface area contributed by atoms with Crippen molar-refractivity contribution in [2.24, 2.45) is 4.99 Å². The Morgan fingerprint density at radius 1 is 1.17 bits per heavy atom. The Morgan fingerprint density at radius 2 is 1.92 bits per heavy atom. The number of benzene rings is 1. The Balaban J connectivity index is 0.00000288. The molecule has 24 heavy (non-hydrogen) atoms. The third kappa shape index (κ3) is 6.82. The highest BCUT2D eigenvalue weighted by Crippen LogP contribution is 2.14. The first-order valence-electron chi connectivity index (χ1n) is 7.95. The summed E-state index contributed by atoms with van der Waals surface area (Å²) < 4.78 is 11.2. The molecule has 0 saturated heterocycles. The quantitative estimate of drug-likeness (QED) is 0.297. The van der Waals surface area contributed by atoms with Gasteiger partial charge in [0.15, 0.2) is 5.96 Å². The number of furan rings is 1. The molecular weight excluding hydrogens is 417 g/mol. The van der Waals surface area contributed by atoms with Crippen LogP contribution in [0.15, 0.2) is 45.8 Å². The molecule has 0 saturated carbocycles. The van der Waals surface area contributed by atoms with E-state index >= 15 is 0 Å². The fourth-order valence-electron chi connectivity index (χ4n) is 2.20. The number of hydrogen-bond donors (Lipinski definition) is 2. The second-order valence-corrected chi connectivity index (χ2v) is 5.22. The fraction of sp³-hybridized carbons (Fsp3) is 0.389. The Morgan fingerprint density at radius 3 is 2.54 bits per heavy atom. The summed E-state index contributed by atoms with van der Waals surface area (Å²) >= 11 is 0. The standard InChI is InChI=1S/C18H25N3O2.HI/c1-4-19-18(21-13-16-12-14(2)23-15(16)3)20-10-11-22-17-8-6-5-7-9-17;/h5-9,12H,4,10-11,13H2,1-3H3,(H2,19,20,21);1H. The molecule has 0 aliphatic heterocycles. The molecule has 2 aromatic rings. The van der Waals surface area contributed by atoms with Crippen molar-refractivity contribution in [1.29, 1.82) is 0 Å². The van der Waals surface area contributed by atoms with Crippen LogP contribution >= 0.6 is 24.0 Å². The second kappa shape index (κ2) is 11.0. The van der Waals surface area contributed by atoms with Crippen molar-refractivity contribution >= 4 is 29.9 Å². The Bertz CT molecular complexity index is 626. The van der Waals surface area contributed by atoms with Gasteiger partial charge in [-0.2, -0.15) is 0 Å². The summed E-state index contributed by atoms with van der Waals surface area (Å²) in [7, 11) is 0. The predicted octanol–water partition coefficient (Wildman–Crippen LogP) is 3.65. The van der Waals surface area contributed by atoms with E-state index in [0.29, 0.717) is 19.7 Å². The number of hydrogen-bond acceptors (Lipinski definition) is 3. The van der Waals surface area contributed by atoms with E-state index in [9.17, 15) is 0 Å². The third-order valence-corrected chi connectivity index (χ3v) is 3.30. The SMILES string of the molecule is CCNC(=NCc1cc(C)oc1C)NCCOc1ccccc1.I. The molecule has 0 aliphatic carbocycles. The van der Waals surface area contributed by atoms with Gasteiger partial charge in [-0.3, -0.25) is 0 Å². The lowest BCUT2D eigenvalue weighted by Crippen LogP contribution is -2.39. The minimum absolute atomic E-state index is 0. The first-order valence-corrected chi connectivity index (χ1v) is 7.95. The van der Waals surface area contributed by atoms with Gasteiger partial charge in [0.05, 0.1) is 13.1 Å². The highest BCUT2D eigenvalue weighted by atomic mass is 127. The fourth-order valence-corrected chi connectivity index (χ4v) is 2.20. The molecule has 132 valence electrons. The smallest absolute Gasteiger partial charge is 0.191 e. The third-order valence-electron chi connectivity index (χ3n) is 3.30. The molecule has 0 atom stereocenters. The highest BCUT2D eigenvalue weighted by Gasteiger charge is 2.04. The largest absolute Gasteiger partial charge is 0.492 e. The molecule has 0 spiro atoms. The van der Waals surface area contributed by atoms with Crippen LogP contribution in [-0.2, 0) is 6.54 Å². The maximum Gasteiger partial charge on any atom is 0.191 e. The maximum absolute atomic E-state index is 5.66. The van der Waals surface area contributed by atoms with Crippen molar-refractivity contribution in [3.05, 3.63) is 53.5 Å². The molecule has 5 nitrogen and oxygen atoms in total. The van der Waals surface area contributed by atoms with E-state index in [-0.39, 0.29) is 24.0 Å². The van der Waals surface area contributed by atoms with E-state index in [0.717, 1.165) is 35.3 Å². The first kappa shape index (κ1) is 20.3. The van der Waals surface area contributed by atoms with Crippen LogP contribution in [-0.4, -0.2) is 25.7 Å². The average molecular weight is 443 g/mol. The minimum atomic E-state index is 0. The topological polar surface area (TPSA) is 58.8 Å². The minimum Gasteiger partial charge on any atom is -0.492 e. The molecule has 0 fully saturated rings. The van der Waals surface area contributed by atoms with Gasteiger partial charge in [-0.25, -0.2) is 4.99 Å². The number of rotatable bonds is 7. The van der Waals surface area contributed by atoms with Gasteiger partial charge in [0.25, 0.3) is 0 Å². The molecule has 0 radical (unpaired) electrons. The van der Waals surface area contributed by atoms with Crippen LogP contribution in [0.3, 0.4) is 0 Å². The van der Waals surface area contributed by atoms with Crippen LogP contribution in [0, 0.1) is 13.8 Å². The maximum atomic E-state index is 5.66. The van der Waals surface area contributed by atoms with Crippen molar-refractivity contribution in [3.63, 3.8) is 0 Å². The van der Waals surface area contributed by atoms with Crippen molar-refractivity contribution in [1.82, 2.24) is 10.6 Å². The summed E-state index contributed by atoms with van der Waals surface area (Å²) in [6.07, 6.45) is 0. The van der Waals surface area contributed by atoms with Crippen LogP contribution in [0.5, 0.6) is 5.75 Å². The summed E-state index contributed by atoms with van der Waals surface area (Å²) in [6, 6.07) is 11.8. The van der Waals surface area contributed by atoms with E-state index in [2.05, 4.69) is 15.6 Å². The van der Waals surface area contributed by atoms with Gasteiger partial charge in [0.1, 0.15) is 23.9 Å². The van der Waals surface area contributed by atoms with Crippen LogP contribution in [0.2, 0.25) is 0 Å². The van der Waals surface area contributed by atoms with E-state index < -0.39 is 0 Å². The van der Waals surface area contributed by atoms with Crippen LogP contribution in [0.4, 0.5) is 0 Å². The second-order valence-electron chi connectivity index (χ2n) is 5.22. The van der Waals surface area contributed by atoms with Crippen LogP contribution < -0.4 is 15.4 Å². The van der Waals surface area contributed by atoms with Gasteiger partial charge in [-0.05, 0) is 39.0 Å². The van der Waals surface area contributed by atoms with Gasteiger partial charge in [0, 0.05) is 12.1 Å². The van der Waals surface area contributed by atoms with Crippen molar-refractivity contribution in [2.75, 3.05) is 19.7 Å². The van der Waals surface area contributed by atoms with Crippen molar-refractivity contribution in [3.8, 4) is 5.75 Å². The summed E-state index contributed by atoms with van der Waals surface area (Å²) in [5, 5.41) is 6.50. The van der Waals surface area contributed by atoms with Crippen LogP contribution in [0.25, 0.3) is 0 Å². The van der Waals surface area contributed by atoms with Gasteiger partial charge < -0.3 is 19.8 Å². The number of halogens is 1.